The second-order valence-corrected chi connectivity index (χ2v) is 5.66. The molecule has 0 radical (unpaired) electrons. The van der Waals surface area contributed by atoms with Crippen LogP contribution < -0.4 is 10.6 Å². The summed E-state index contributed by atoms with van der Waals surface area (Å²) in [5.41, 5.74) is 0.734. The maximum absolute atomic E-state index is 13.3. The lowest BCUT2D eigenvalue weighted by Gasteiger charge is -2.21. The van der Waals surface area contributed by atoms with Crippen molar-refractivity contribution in [1.82, 2.24) is 10.6 Å². The third-order valence-corrected chi connectivity index (χ3v) is 3.54. The zero-order chi connectivity index (χ0) is 17.2. The summed E-state index contributed by atoms with van der Waals surface area (Å²) in [6.07, 6.45) is 1.11. The molecule has 0 spiro atoms. The number of nitrogens with zero attached hydrogens (tertiary/aromatic N) is 1. The van der Waals surface area contributed by atoms with E-state index in [1.807, 2.05) is 6.92 Å². The molecule has 5 nitrogen and oxygen atoms in total. The number of benzene rings is 1. The molecule has 6 heteroatoms. The highest BCUT2D eigenvalue weighted by molar-refractivity contribution is 5.79. The molecule has 1 unspecified atom stereocenters. The van der Waals surface area contributed by atoms with Crippen molar-refractivity contribution in [1.29, 1.82) is 0 Å². The minimum atomic E-state index is -0.622. The lowest BCUT2D eigenvalue weighted by Crippen LogP contribution is -2.38. The lowest BCUT2D eigenvalue weighted by molar-refractivity contribution is 0.0258. The summed E-state index contributed by atoms with van der Waals surface area (Å²) >= 11 is 0. The Balaban J connectivity index is 2.41. The van der Waals surface area contributed by atoms with Crippen LogP contribution >= 0.6 is 0 Å². The van der Waals surface area contributed by atoms with Gasteiger partial charge in [0, 0.05) is 26.7 Å². The van der Waals surface area contributed by atoms with Crippen molar-refractivity contribution in [3.63, 3.8) is 0 Å². The van der Waals surface area contributed by atoms with Crippen LogP contribution in [0.1, 0.15) is 32.8 Å². The SMILES string of the molecule is CCOC(CCNC(=NC)NCc1ccc(O)c(F)c1)C(C)C. The molecule has 3 N–H and O–H groups in total. The number of nitrogens with one attached hydrogen (secondary N) is 2. The fraction of sp³-hybridized carbons (Fsp3) is 0.588. The summed E-state index contributed by atoms with van der Waals surface area (Å²) in [5, 5.41) is 15.5. The van der Waals surface area contributed by atoms with Crippen LogP contribution in [0.15, 0.2) is 23.2 Å². The van der Waals surface area contributed by atoms with Gasteiger partial charge in [-0.2, -0.15) is 0 Å². The monoisotopic (exact) mass is 325 g/mol. The average molecular weight is 325 g/mol. The first-order chi connectivity index (χ1) is 11.0. The zero-order valence-electron chi connectivity index (χ0n) is 14.4. The summed E-state index contributed by atoms with van der Waals surface area (Å²) in [4.78, 5) is 4.14. The van der Waals surface area contributed by atoms with Gasteiger partial charge in [-0.25, -0.2) is 4.39 Å². The van der Waals surface area contributed by atoms with Crippen LogP contribution in [-0.2, 0) is 11.3 Å². The van der Waals surface area contributed by atoms with E-state index in [0.29, 0.717) is 25.0 Å². The first kappa shape index (κ1) is 19.2. The molecule has 0 saturated heterocycles. The summed E-state index contributed by atoms with van der Waals surface area (Å²) in [6, 6.07) is 4.32. The van der Waals surface area contributed by atoms with Crippen LogP contribution in [0.25, 0.3) is 0 Å². The van der Waals surface area contributed by atoms with Crippen molar-refractivity contribution < 1.29 is 14.2 Å². The number of phenolic OH excluding ortho intramolecular Hbond substituents is 1. The standard InChI is InChI=1S/C17H28FN3O2/c1-5-23-16(12(2)3)8-9-20-17(19-4)21-11-13-6-7-15(22)14(18)10-13/h6-7,10,12,16,22H,5,8-9,11H2,1-4H3,(H2,19,20,21). The maximum Gasteiger partial charge on any atom is 0.191 e. The van der Waals surface area contributed by atoms with E-state index < -0.39 is 5.82 Å². The van der Waals surface area contributed by atoms with Crippen LogP contribution in [-0.4, -0.2) is 37.4 Å². The molecule has 0 bridgehead atoms. The van der Waals surface area contributed by atoms with Crippen molar-refractivity contribution in [3.05, 3.63) is 29.6 Å². The summed E-state index contributed by atoms with van der Waals surface area (Å²) in [6.45, 7) is 8.17. The molecule has 130 valence electrons. The van der Waals surface area contributed by atoms with E-state index in [2.05, 4.69) is 29.5 Å². The molecule has 0 amide bonds. The molecule has 1 rings (SSSR count). The Kier molecular flexibility index (Phi) is 8.40. The number of ether oxygens (including phenoxy) is 1. The molecule has 0 aromatic heterocycles. The molecule has 23 heavy (non-hydrogen) atoms. The van der Waals surface area contributed by atoms with Crippen molar-refractivity contribution >= 4 is 5.96 Å². The Labute approximate surface area is 138 Å². The van der Waals surface area contributed by atoms with Crippen LogP contribution in [0.2, 0.25) is 0 Å². The largest absolute Gasteiger partial charge is 0.505 e. The third-order valence-electron chi connectivity index (χ3n) is 3.54. The minimum absolute atomic E-state index is 0.219. The van der Waals surface area contributed by atoms with E-state index in [4.69, 9.17) is 4.74 Å². The van der Waals surface area contributed by atoms with Gasteiger partial charge in [-0.05, 0) is 37.0 Å². The molecule has 1 aromatic rings. The Morgan fingerprint density at radius 1 is 1.35 bits per heavy atom. The quantitative estimate of drug-likeness (QED) is 0.508. The fourth-order valence-corrected chi connectivity index (χ4v) is 2.22. The van der Waals surface area contributed by atoms with Gasteiger partial charge < -0.3 is 20.5 Å². The molecule has 0 fully saturated rings. The molecule has 0 aliphatic rings. The Morgan fingerprint density at radius 3 is 2.65 bits per heavy atom. The van der Waals surface area contributed by atoms with Gasteiger partial charge in [0.15, 0.2) is 17.5 Å². The van der Waals surface area contributed by atoms with Crippen LogP contribution in [0, 0.1) is 11.7 Å². The normalized spacial score (nSPS) is 13.2. The number of aromatic hydroxyl groups is 1. The predicted molar refractivity (Wildman–Crippen MR) is 91.1 cm³/mol. The predicted octanol–water partition coefficient (Wildman–Crippen LogP) is 2.65. The Morgan fingerprint density at radius 2 is 2.09 bits per heavy atom. The summed E-state index contributed by atoms with van der Waals surface area (Å²) in [7, 11) is 1.69. The van der Waals surface area contributed by atoms with Crippen molar-refractivity contribution in [2.75, 3.05) is 20.2 Å². The summed E-state index contributed by atoms with van der Waals surface area (Å²) in [5.74, 6) is 0.153. The summed E-state index contributed by atoms with van der Waals surface area (Å²) < 4.78 is 19.0. The van der Waals surface area contributed by atoms with Crippen molar-refractivity contribution in [2.24, 2.45) is 10.9 Å². The van der Waals surface area contributed by atoms with Gasteiger partial charge in [-0.1, -0.05) is 19.9 Å². The lowest BCUT2D eigenvalue weighted by atomic mass is 10.0. The van der Waals surface area contributed by atoms with Crippen LogP contribution in [0.3, 0.4) is 0 Å². The number of aliphatic imine (C=N–C) groups is 1. The van der Waals surface area contributed by atoms with Gasteiger partial charge in [0.25, 0.3) is 0 Å². The zero-order valence-corrected chi connectivity index (χ0v) is 14.4. The van der Waals surface area contributed by atoms with Gasteiger partial charge in [0.05, 0.1) is 6.10 Å². The van der Waals surface area contributed by atoms with Crippen molar-refractivity contribution in [3.8, 4) is 5.75 Å². The number of halogens is 1. The molecule has 1 atom stereocenters. The first-order valence-electron chi connectivity index (χ1n) is 8.01. The Hall–Kier alpha value is -1.82. The van der Waals surface area contributed by atoms with Crippen molar-refractivity contribution in [2.45, 2.75) is 39.8 Å². The molecule has 0 heterocycles. The van der Waals surface area contributed by atoms with E-state index in [1.54, 1.807) is 13.1 Å². The van der Waals surface area contributed by atoms with Gasteiger partial charge in [0.1, 0.15) is 0 Å². The molecule has 1 aromatic carbocycles. The van der Waals surface area contributed by atoms with E-state index in [0.717, 1.165) is 18.5 Å². The fourth-order valence-electron chi connectivity index (χ4n) is 2.22. The molecule has 0 aliphatic heterocycles. The first-order valence-corrected chi connectivity index (χ1v) is 8.01. The van der Waals surface area contributed by atoms with Gasteiger partial charge in [-0.3, -0.25) is 4.99 Å². The maximum atomic E-state index is 13.3. The molecular formula is C17H28FN3O2. The number of phenols is 1. The third kappa shape index (κ3) is 6.86. The van der Waals surface area contributed by atoms with Gasteiger partial charge >= 0.3 is 0 Å². The van der Waals surface area contributed by atoms with Crippen LogP contribution in [0.4, 0.5) is 4.39 Å². The Bertz CT molecular complexity index is 507. The van der Waals surface area contributed by atoms with E-state index in [9.17, 15) is 9.50 Å². The molecule has 0 saturated carbocycles. The smallest absolute Gasteiger partial charge is 0.191 e. The molecular weight excluding hydrogens is 297 g/mol. The van der Waals surface area contributed by atoms with E-state index in [1.165, 1.54) is 12.1 Å². The molecule has 0 aliphatic carbocycles. The number of hydrogen-bond donors (Lipinski definition) is 3. The average Bonchev–Trinajstić information content (AvgIpc) is 2.52. The van der Waals surface area contributed by atoms with E-state index in [-0.39, 0.29) is 11.9 Å². The second kappa shape index (κ2) is 10.0. The topological polar surface area (TPSA) is 65.9 Å². The number of hydrogen-bond acceptors (Lipinski definition) is 3. The number of rotatable bonds is 8. The number of guanidine groups is 1. The second-order valence-electron chi connectivity index (χ2n) is 5.66. The van der Waals surface area contributed by atoms with Gasteiger partial charge in [-0.15, -0.1) is 0 Å². The minimum Gasteiger partial charge on any atom is -0.505 e. The highest BCUT2D eigenvalue weighted by Crippen LogP contribution is 2.15. The van der Waals surface area contributed by atoms with E-state index >= 15 is 0 Å². The highest BCUT2D eigenvalue weighted by Gasteiger charge is 2.13. The van der Waals surface area contributed by atoms with Gasteiger partial charge in [0.2, 0.25) is 0 Å². The highest BCUT2D eigenvalue weighted by atomic mass is 19.1. The van der Waals surface area contributed by atoms with Crippen LogP contribution in [0.5, 0.6) is 5.75 Å².